The second kappa shape index (κ2) is 8.64. The molecule has 0 aromatic heterocycles. The molecule has 26 heavy (non-hydrogen) atoms. The molecule has 2 aliphatic rings. The predicted molar refractivity (Wildman–Crippen MR) is 101 cm³/mol. The van der Waals surface area contributed by atoms with Gasteiger partial charge in [-0.2, -0.15) is 0 Å². The number of fused-ring (bicyclic) bond motifs is 1. The van der Waals surface area contributed by atoms with Crippen molar-refractivity contribution in [2.45, 2.75) is 32.7 Å². The molecule has 2 heterocycles. The third-order valence-electron chi connectivity index (χ3n) is 5.31. The highest BCUT2D eigenvalue weighted by Crippen LogP contribution is 2.32. The van der Waals surface area contributed by atoms with Crippen LogP contribution in [0.5, 0.6) is 0 Å². The molecular formula is C20H29N3O3. The summed E-state index contributed by atoms with van der Waals surface area (Å²) in [6.45, 7) is 8.96. The first-order valence-corrected chi connectivity index (χ1v) is 9.52. The molecule has 1 fully saturated rings. The van der Waals surface area contributed by atoms with Crippen molar-refractivity contribution in [1.82, 2.24) is 9.80 Å². The van der Waals surface area contributed by atoms with Crippen molar-refractivity contribution in [3.05, 3.63) is 29.8 Å². The van der Waals surface area contributed by atoms with E-state index in [2.05, 4.69) is 17.9 Å². The predicted octanol–water partition coefficient (Wildman–Crippen LogP) is 1.53. The minimum Gasteiger partial charge on any atom is -0.379 e. The van der Waals surface area contributed by atoms with Crippen LogP contribution in [0.3, 0.4) is 0 Å². The van der Waals surface area contributed by atoms with Gasteiger partial charge in [0.15, 0.2) is 0 Å². The number of rotatable bonds is 6. The first-order valence-electron chi connectivity index (χ1n) is 9.52. The van der Waals surface area contributed by atoms with Gasteiger partial charge in [0.25, 0.3) is 0 Å². The molecule has 1 aromatic rings. The average molecular weight is 359 g/mol. The van der Waals surface area contributed by atoms with Gasteiger partial charge in [-0.3, -0.25) is 14.5 Å². The summed E-state index contributed by atoms with van der Waals surface area (Å²) < 4.78 is 5.36. The molecule has 0 radical (unpaired) electrons. The van der Waals surface area contributed by atoms with Crippen LogP contribution in [0.4, 0.5) is 5.69 Å². The van der Waals surface area contributed by atoms with Crippen molar-refractivity contribution in [3.8, 4) is 0 Å². The lowest BCUT2D eigenvalue weighted by molar-refractivity contribution is -0.129. The first kappa shape index (κ1) is 18.9. The number of morpholine rings is 1. The van der Waals surface area contributed by atoms with E-state index >= 15 is 0 Å². The SMILES string of the molecule is CC(=O)N(CCC(=O)N1c2ccccc2CC1C)CCN1CCOCC1. The number of ether oxygens (including phenoxy) is 1. The smallest absolute Gasteiger partial charge is 0.229 e. The summed E-state index contributed by atoms with van der Waals surface area (Å²) >= 11 is 0. The van der Waals surface area contributed by atoms with Gasteiger partial charge in [-0.25, -0.2) is 0 Å². The molecule has 0 spiro atoms. The number of carbonyl (C=O) groups excluding carboxylic acids is 2. The molecule has 1 saturated heterocycles. The van der Waals surface area contributed by atoms with Crippen molar-refractivity contribution in [1.29, 1.82) is 0 Å². The minimum absolute atomic E-state index is 0.0286. The van der Waals surface area contributed by atoms with Gasteiger partial charge in [0, 0.05) is 57.8 Å². The summed E-state index contributed by atoms with van der Waals surface area (Å²) in [7, 11) is 0. The molecule has 0 saturated carbocycles. The number of amides is 2. The number of hydrogen-bond donors (Lipinski definition) is 0. The lowest BCUT2D eigenvalue weighted by atomic mass is 10.1. The molecule has 0 bridgehead atoms. The van der Waals surface area contributed by atoms with E-state index < -0.39 is 0 Å². The van der Waals surface area contributed by atoms with E-state index in [1.807, 2.05) is 23.1 Å². The van der Waals surface area contributed by atoms with Gasteiger partial charge in [0.2, 0.25) is 11.8 Å². The molecule has 2 aliphatic heterocycles. The Morgan fingerprint density at radius 1 is 1.19 bits per heavy atom. The Balaban J connectivity index is 1.53. The zero-order valence-electron chi connectivity index (χ0n) is 15.8. The van der Waals surface area contributed by atoms with Crippen molar-refractivity contribution in [2.24, 2.45) is 0 Å². The molecule has 0 aliphatic carbocycles. The number of carbonyl (C=O) groups is 2. The molecule has 1 aromatic carbocycles. The fraction of sp³-hybridized carbons (Fsp3) is 0.600. The van der Waals surface area contributed by atoms with E-state index in [-0.39, 0.29) is 17.9 Å². The number of nitrogens with zero attached hydrogens (tertiary/aromatic N) is 3. The second-order valence-electron chi connectivity index (χ2n) is 7.16. The summed E-state index contributed by atoms with van der Waals surface area (Å²) in [6, 6.07) is 8.27. The first-order chi connectivity index (χ1) is 12.6. The molecule has 2 amide bonds. The van der Waals surface area contributed by atoms with Gasteiger partial charge in [-0.1, -0.05) is 18.2 Å². The largest absolute Gasteiger partial charge is 0.379 e. The van der Waals surface area contributed by atoms with Crippen LogP contribution < -0.4 is 4.90 Å². The highest BCUT2D eigenvalue weighted by Gasteiger charge is 2.30. The molecule has 3 rings (SSSR count). The van der Waals surface area contributed by atoms with Crippen molar-refractivity contribution in [2.75, 3.05) is 50.8 Å². The van der Waals surface area contributed by atoms with Crippen LogP contribution in [0, 0.1) is 0 Å². The number of benzene rings is 1. The lowest BCUT2D eigenvalue weighted by Gasteiger charge is -2.30. The zero-order chi connectivity index (χ0) is 18.5. The Hall–Kier alpha value is -1.92. The Bertz CT molecular complexity index is 643. The van der Waals surface area contributed by atoms with Gasteiger partial charge in [0.05, 0.1) is 13.2 Å². The molecule has 1 atom stereocenters. The Kier molecular flexibility index (Phi) is 6.27. The molecule has 6 heteroatoms. The summed E-state index contributed by atoms with van der Waals surface area (Å²) in [5, 5.41) is 0. The van der Waals surface area contributed by atoms with E-state index in [4.69, 9.17) is 4.74 Å². The molecular weight excluding hydrogens is 330 g/mol. The van der Waals surface area contributed by atoms with E-state index in [0.29, 0.717) is 19.5 Å². The molecule has 1 unspecified atom stereocenters. The molecule has 0 N–H and O–H groups in total. The van der Waals surface area contributed by atoms with Gasteiger partial charge in [-0.15, -0.1) is 0 Å². The van der Waals surface area contributed by atoms with Crippen LogP contribution in [0.25, 0.3) is 0 Å². The van der Waals surface area contributed by atoms with Crippen LogP contribution >= 0.6 is 0 Å². The maximum absolute atomic E-state index is 12.8. The highest BCUT2D eigenvalue weighted by atomic mass is 16.5. The number of anilines is 1. The fourth-order valence-electron chi connectivity index (χ4n) is 3.81. The van der Waals surface area contributed by atoms with Crippen LogP contribution in [0.15, 0.2) is 24.3 Å². The fourth-order valence-corrected chi connectivity index (χ4v) is 3.81. The van der Waals surface area contributed by atoms with Gasteiger partial charge >= 0.3 is 0 Å². The summed E-state index contributed by atoms with van der Waals surface area (Å²) in [5.74, 6) is 0.126. The standard InChI is InChI=1S/C20H29N3O3/c1-16-15-18-5-3-4-6-19(18)23(16)20(25)7-8-22(17(2)24)10-9-21-11-13-26-14-12-21/h3-6,16H,7-15H2,1-2H3. The summed E-state index contributed by atoms with van der Waals surface area (Å²) in [6.07, 6.45) is 1.26. The summed E-state index contributed by atoms with van der Waals surface area (Å²) in [5.41, 5.74) is 2.25. The van der Waals surface area contributed by atoms with Crippen molar-refractivity contribution < 1.29 is 14.3 Å². The maximum Gasteiger partial charge on any atom is 0.229 e. The number of para-hydroxylation sites is 1. The quantitative estimate of drug-likeness (QED) is 0.773. The van der Waals surface area contributed by atoms with Gasteiger partial charge < -0.3 is 14.5 Å². The Morgan fingerprint density at radius 3 is 2.65 bits per heavy atom. The maximum atomic E-state index is 12.8. The van der Waals surface area contributed by atoms with E-state index in [1.165, 1.54) is 5.56 Å². The Labute approximate surface area is 155 Å². The molecule has 142 valence electrons. The van der Waals surface area contributed by atoms with Crippen LogP contribution in [0.1, 0.15) is 25.8 Å². The van der Waals surface area contributed by atoms with E-state index in [9.17, 15) is 9.59 Å². The Morgan fingerprint density at radius 2 is 1.92 bits per heavy atom. The normalized spacial score (nSPS) is 20.1. The lowest BCUT2D eigenvalue weighted by Crippen LogP contribution is -2.44. The highest BCUT2D eigenvalue weighted by molar-refractivity contribution is 5.96. The van der Waals surface area contributed by atoms with Crippen molar-refractivity contribution in [3.63, 3.8) is 0 Å². The summed E-state index contributed by atoms with van der Waals surface area (Å²) in [4.78, 5) is 30.8. The topological polar surface area (TPSA) is 53.1 Å². The van der Waals surface area contributed by atoms with Crippen LogP contribution in [-0.4, -0.2) is 73.6 Å². The second-order valence-corrected chi connectivity index (χ2v) is 7.16. The van der Waals surface area contributed by atoms with E-state index in [0.717, 1.165) is 45.0 Å². The third kappa shape index (κ3) is 4.43. The monoisotopic (exact) mass is 359 g/mol. The zero-order valence-corrected chi connectivity index (χ0v) is 15.8. The van der Waals surface area contributed by atoms with E-state index in [1.54, 1.807) is 11.8 Å². The molecule has 6 nitrogen and oxygen atoms in total. The van der Waals surface area contributed by atoms with Gasteiger partial charge in [0.1, 0.15) is 0 Å². The minimum atomic E-state index is 0.0286. The van der Waals surface area contributed by atoms with Crippen molar-refractivity contribution >= 4 is 17.5 Å². The van der Waals surface area contributed by atoms with Crippen LogP contribution in [0.2, 0.25) is 0 Å². The number of hydrogen-bond acceptors (Lipinski definition) is 4. The average Bonchev–Trinajstić information content (AvgIpc) is 2.97. The van der Waals surface area contributed by atoms with Crippen LogP contribution in [-0.2, 0) is 20.7 Å². The third-order valence-corrected chi connectivity index (χ3v) is 5.31. The van der Waals surface area contributed by atoms with Gasteiger partial charge in [-0.05, 0) is 25.0 Å².